The van der Waals surface area contributed by atoms with E-state index in [4.69, 9.17) is 4.74 Å². The molecule has 0 radical (unpaired) electrons. The van der Waals surface area contributed by atoms with Gasteiger partial charge in [-0.25, -0.2) is 21.9 Å². The van der Waals surface area contributed by atoms with E-state index in [2.05, 4.69) is 9.71 Å². The summed E-state index contributed by atoms with van der Waals surface area (Å²) in [6.07, 6.45) is 1.96. The SMILES string of the molecule is Cn1cc(-c2cc(CCN[SH](=O)=O)ccc2Oc2ccc(F)cc2F)c2cc(CO)[nH]c2c1=O. The molecule has 0 aliphatic heterocycles. The van der Waals surface area contributed by atoms with Gasteiger partial charge in [-0.15, -0.1) is 0 Å². The van der Waals surface area contributed by atoms with Crippen molar-refractivity contribution in [3.63, 3.8) is 0 Å². The molecule has 0 unspecified atom stereocenters. The number of benzene rings is 2. The molecular formula is C23H21F2N3O5S. The lowest BCUT2D eigenvalue weighted by Gasteiger charge is -2.15. The Morgan fingerprint density at radius 3 is 2.56 bits per heavy atom. The summed E-state index contributed by atoms with van der Waals surface area (Å²) in [5.41, 5.74) is 2.23. The topological polar surface area (TPSA) is 113 Å². The van der Waals surface area contributed by atoms with Crippen LogP contribution in [0.25, 0.3) is 22.0 Å². The molecule has 4 rings (SSSR count). The predicted molar refractivity (Wildman–Crippen MR) is 123 cm³/mol. The number of aromatic nitrogens is 2. The Balaban J connectivity index is 1.88. The molecule has 0 saturated carbocycles. The highest BCUT2D eigenvalue weighted by Gasteiger charge is 2.18. The molecule has 2 aromatic carbocycles. The minimum absolute atomic E-state index is 0.173. The number of aromatic amines is 1. The van der Waals surface area contributed by atoms with Crippen LogP contribution in [0.4, 0.5) is 8.78 Å². The van der Waals surface area contributed by atoms with Crippen LogP contribution in [0.1, 0.15) is 11.3 Å². The molecule has 2 aromatic heterocycles. The molecule has 3 N–H and O–H groups in total. The third-order valence-corrected chi connectivity index (χ3v) is 5.78. The fourth-order valence-corrected chi connectivity index (χ4v) is 3.98. The Morgan fingerprint density at radius 1 is 1.09 bits per heavy atom. The molecule has 2 heterocycles. The van der Waals surface area contributed by atoms with Crippen molar-refractivity contribution in [2.24, 2.45) is 7.05 Å². The predicted octanol–water partition coefficient (Wildman–Crippen LogP) is 2.75. The number of thiol groups is 1. The Hall–Kier alpha value is -3.54. The third-order valence-electron chi connectivity index (χ3n) is 5.29. The van der Waals surface area contributed by atoms with Crippen molar-refractivity contribution in [3.05, 3.63) is 81.9 Å². The number of pyridine rings is 1. The van der Waals surface area contributed by atoms with E-state index in [1.807, 2.05) is 0 Å². The Labute approximate surface area is 194 Å². The fourth-order valence-electron chi connectivity index (χ4n) is 3.69. The normalized spacial score (nSPS) is 11.4. The van der Waals surface area contributed by atoms with Crippen molar-refractivity contribution < 1.29 is 27.0 Å². The second kappa shape index (κ2) is 9.75. The number of H-pyrrole nitrogens is 1. The van der Waals surface area contributed by atoms with Crippen molar-refractivity contribution in [2.75, 3.05) is 6.54 Å². The number of ether oxygens (including phenoxy) is 1. The summed E-state index contributed by atoms with van der Waals surface area (Å²) < 4.78 is 58.8. The van der Waals surface area contributed by atoms with E-state index in [0.717, 1.165) is 11.6 Å². The van der Waals surface area contributed by atoms with E-state index in [0.29, 0.717) is 34.7 Å². The zero-order valence-corrected chi connectivity index (χ0v) is 18.9. The van der Waals surface area contributed by atoms with Gasteiger partial charge in [0.2, 0.25) is 10.9 Å². The van der Waals surface area contributed by atoms with E-state index in [-0.39, 0.29) is 35.7 Å². The smallest absolute Gasteiger partial charge is 0.274 e. The van der Waals surface area contributed by atoms with Crippen molar-refractivity contribution in [3.8, 4) is 22.6 Å². The summed E-state index contributed by atoms with van der Waals surface area (Å²) in [6, 6.07) is 9.66. The second-order valence-electron chi connectivity index (χ2n) is 7.62. The zero-order valence-electron chi connectivity index (χ0n) is 18.0. The van der Waals surface area contributed by atoms with Crippen LogP contribution in [0, 0.1) is 11.6 Å². The molecule has 178 valence electrons. The first-order valence-electron chi connectivity index (χ1n) is 10.2. The van der Waals surface area contributed by atoms with Gasteiger partial charge in [-0.1, -0.05) is 6.07 Å². The maximum absolute atomic E-state index is 14.3. The van der Waals surface area contributed by atoms with Crippen LogP contribution in [0.5, 0.6) is 11.5 Å². The molecule has 0 spiro atoms. The molecular weight excluding hydrogens is 468 g/mol. The summed E-state index contributed by atoms with van der Waals surface area (Å²) in [5, 5.41) is 10.1. The average Bonchev–Trinajstić information content (AvgIpc) is 3.24. The standard InChI is InChI=1S/C23H21F2N3O5S/c1-28-11-18(17-10-15(12-29)27-22(17)23(28)30)16-8-13(6-7-26-34(31)32)2-4-20(16)33-21-5-3-14(24)9-19(21)25/h2-5,8-11,27,29,34H,6-7,12H2,1H3,(H,26,31,32). The molecule has 0 fully saturated rings. The number of halogens is 2. The lowest BCUT2D eigenvalue weighted by Crippen LogP contribution is -2.17. The van der Waals surface area contributed by atoms with E-state index in [1.165, 1.54) is 10.6 Å². The quantitative estimate of drug-likeness (QED) is 0.284. The maximum atomic E-state index is 14.3. The summed E-state index contributed by atoms with van der Waals surface area (Å²) in [7, 11) is -1.16. The van der Waals surface area contributed by atoms with Gasteiger partial charge in [-0.05, 0) is 42.3 Å². The fraction of sp³-hybridized carbons (Fsp3) is 0.174. The van der Waals surface area contributed by atoms with Gasteiger partial charge in [0.05, 0.1) is 6.61 Å². The molecule has 0 aliphatic rings. The minimum Gasteiger partial charge on any atom is -0.454 e. The average molecular weight is 490 g/mol. The Kier molecular flexibility index (Phi) is 6.77. The number of hydrogen-bond acceptors (Lipinski definition) is 5. The number of fused-ring (bicyclic) bond motifs is 1. The van der Waals surface area contributed by atoms with Gasteiger partial charge < -0.3 is 19.4 Å². The van der Waals surface area contributed by atoms with Gasteiger partial charge in [-0.2, -0.15) is 0 Å². The van der Waals surface area contributed by atoms with E-state index in [9.17, 15) is 27.1 Å². The van der Waals surface area contributed by atoms with Crippen LogP contribution < -0.4 is 15.0 Å². The summed E-state index contributed by atoms with van der Waals surface area (Å²) >= 11 is 0. The van der Waals surface area contributed by atoms with E-state index < -0.39 is 22.5 Å². The highest BCUT2D eigenvalue weighted by Crippen LogP contribution is 2.38. The molecule has 0 bridgehead atoms. The van der Waals surface area contributed by atoms with Crippen LogP contribution in [-0.4, -0.2) is 29.6 Å². The number of aryl methyl sites for hydroxylation is 1. The maximum Gasteiger partial charge on any atom is 0.274 e. The molecule has 0 saturated heterocycles. The van der Waals surface area contributed by atoms with Gasteiger partial charge >= 0.3 is 0 Å². The first-order valence-corrected chi connectivity index (χ1v) is 11.4. The third kappa shape index (κ3) is 4.86. The summed E-state index contributed by atoms with van der Waals surface area (Å²) in [5.74, 6) is -1.57. The second-order valence-corrected chi connectivity index (χ2v) is 8.45. The zero-order chi connectivity index (χ0) is 24.4. The molecule has 0 aliphatic carbocycles. The summed E-state index contributed by atoms with van der Waals surface area (Å²) in [4.78, 5) is 15.5. The lowest BCUT2D eigenvalue weighted by atomic mass is 9.99. The number of nitrogens with zero attached hydrogens (tertiary/aromatic N) is 1. The highest BCUT2D eigenvalue weighted by molar-refractivity contribution is 7.70. The highest BCUT2D eigenvalue weighted by atomic mass is 32.2. The van der Waals surface area contributed by atoms with Crippen LogP contribution in [0.3, 0.4) is 0 Å². The Morgan fingerprint density at radius 2 is 1.85 bits per heavy atom. The number of aliphatic hydroxyl groups is 1. The van der Waals surface area contributed by atoms with Crippen molar-refractivity contribution >= 4 is 21.8 Å². The number of hydrogen-bond donors (Lipinski definition) is 4. The molecule has 11 heteroatoms. The summed E-state index contributed by atoms with van der Waals surface area (Å²) in [6.45, 7) is -0.132. The molecule has 8 nitrogen and oxygen atoms in total. The molecule has 4 aromatic rings. The van der Waals surface area contributed by atoms with Gasteiger partial charge in [0.1, 0.15) is 17.1 Å². The molecule has 34 heavy (non-hydrogen) atoms. The number of nitrogens with one attached hydrogen (secondary N) is 2. The van der Waals surface area contributed by atoms with Crippen molar-refractivity contribution in [2.45, 2.75) is 13.0 Å². The van der Waals surface area contributed by atoms with Crippen LogP contribution in [0.2, 0.25) is 0 Å². The number of rotatable bonds is 8. The minimum atomic E-state index is -2.74. The first-order chi connectivity index (χ1) is 16.3. The van der Waals surface area contributed by atoms with Gasteiger partial charge in [0.15, 0.2) is 11.6 Å². The van der Waals surface area contributed by atoms with Crippen LogP contribution in [-0.2, 0) is 31.0 Å². The van der Waals surface area contributed by atoms with Gasteiger partial charge in [0.25, 0.3) is 5.56 Å². The van der Waals surface area contributed by atoms with Crippen molar-refractivity contribution in [1.82, 2.24) is 14.3 Å². The van der Waals surface area contributed by atoms with Gasteiger partial charge in [0, 0.05) is 48.1 Å². The lowest BCUT2D eigenvalue weighted by molar-refractivity contribution is 0.278. The van der Waals surface area contributed by atoms with E-state index >= 15 is 0 Å². The Bertz CT molecular complexity index is 1500. The van der Waals surface area contributed by atoms with Gasteiger partial charge in [-0.3, -0.25) is 4.79 Å². The number of aliphatic hydroxyl groups excluding tert-OH is 1. The molecule has 0 amide bonds. The largest absolute Gasteiger partial charge is 0.454 e. The monoisotopic (exact) mass is 489 g/mol. The van der Waals surface area contributed by atoms with Crippen LogP contribution >= 0.6 is 0 Å². The van der Waals surface area contributed by atoms with Crippen molar-refractivity contribution in [1.29, 1.82) is 0 Å². The first kappa shape index (κ1) is 23.6. The molecule has 0 atom stereocenters. The van der Waals surface area contributed by atoms with Crippen LogP contribution in [0.15, 0.2) is 53.5 Å². The van der Waals surface area contributed by atoms with E-state index in [1.54, 1.807) is 37.5 Å².